The van der Waals surface area contributed by atoms with Gasteiger partial charge in [-0.25, -0.2) is 0 Å². The van der Waals surface area contributed by atoms with E-state index in [9.17, 15) is 9.59 Å². The van der Waals surface area contributed by atoms with Crippen LogP contribution in [-0.4, -0.2) is 24.4 Å². The molecule has 4 heteroatoms. The van der Waals surface area contributed by atoms with Crippen LogP contribution < -0.4 is 10.6 Å². The van der Waals surface area contributed by atoms with Crippen LogP contribution in [0.2, 0.25) is 0 Å². The lowest BCUT2D eigenvalue weighted by Crippen LogP contribution is -2.54. The Bertz CT molecular complexity index is 410. The third-order valence-electron chi connectivity index (χ3n) is 6.11. The molecular weight excluding hydrogens is 252 g/mol. The fourth-order valence-electron chi connectivity index (χ4n) is 5.62. The van der Waals surface area contributed by atoms with Gasteiger partial charge in [-0.05, 0) is 62.7 Å². The maximum Gasteiger partial charge on any atom is 0.226 e. The summed E-state index contributed by atoms with van der Waals surface area (Å²) in [5.74, 6) is 2.81. The number of carbonyl (C=O) groups is 2. The van der Waals surface area contributed by atoms with Crippen molar-refractivity contribution in [1.29, 1.82) is 0 Å². The fourth-order valence-corrected chi connectivity index (χ4v) is 5.62. The van der Waals surface area contributed by atoms with Crippen molar-refractivity contribution >= 4 is 11.8 Å². The zero-order chi connectivity index (χ0) is 13.7. The topological polar surface area (TPSA) is 58.2 Å². The molecule has 1 aliphatic heterocycles. The second-order valence-corrected chi connectivity index (χ2v) is 7.71. The fraction of sp³-hybridized carbons (Fsp3) is 0.875. The van der Waals surface area contributed by atoms with Crippen molar-refractivity contribution < 1.29 is 9.59 Å². The van der Waals surface area contributed by atoms with E-state index in [2.05, 4.69) is 10.6 Å². The summed E-state index contributed by atoms with van der Waals surface area (Å²) >= 11 is 0. The van der Waals surface area contributed by atoms with E-state index in [1.165, 1.54) is 19.3 Å². The molecule has 1 saturated heterocycles. The van der Waals surface area contributed by atoms with Gasteiger partial charge >= 0.3 is 0 Å². The van der Waals surface area contributed by atoms with E-state index in [1.54, 1.807) is 0 Å². The molecule has 0 aromatic carbocycles. The van der Waals surface area contributed by atoms with Crippen LogP contribution in [0.5, 0.6) is 0 Å². The number of nitrogens with one attached hydrogen (secondary N) is 2. The van der Waals surface area contributed by atoms with E-state index in [1.807, 2.05) is 0 Å². The Hall–Kier alpha value is -1.06. The Morgan fingerprint density at radius 1 is 1.15 bits per heavy atom. The average Bonchev–Trinajstić information content (AvgIpc) is 2.80. The van der Waals surface area contributed by atoms with Crippen LogP contribution in [0.1, 0.15) is 51.4 Å². The van der Waals surface area contributed by atoms with E-state index >= 15 is 0 Å². The highest BCUT2D eigenvalue weighted by atomic mass is 16.2. The first-order chi connectivity index (χ1) is 9.63. The minimum Gasteiger partial charge on any atom is -0.354 e. The summed E-state index contributed by atoms with van der Waals surface area (Å²) in [4.78, 5) is 23.9. The Kier molecular flexibility index (Phi) is 2.83. The molecule has 1 heterocycles. The highest BCUT2D eigenvalue weighted by Crippen LogP contribution is 2.60. The molecule has 0 aromatic rings. The standard InChI is InChI=1S/C16H24N2O2/c19-14-2-1-13(18-14)9-17-15(20)16-6-10-3-11(7-16)5-12(4-10)8-16/h10-13H,1-9H2,(H,17,20)(H,18,19). The molecular formula is C16H24N2O2. The van der Waals surface area contributed by atoms with Gasteiger partial charge in [0.15, 0.2) is 0 Å². The second kappa shape index (κ2) is 4.47. The molecule has 20 heavy (non-hydrogen) atoms. The minimum absolute atomic E-state index is 0.0582. The second-order valence-electron chi connectivity index (χ2n) is 7.71. The largest absolute Gasteiger partial charge is 0.354 e. The average molecular weight is 276 g/mol. The van der Waals surface area contributed by atoms with Gasteiger partial charge in [0.1, 0.15) is 0 Å². The van der Waals surface area contributed by atoms with Crippen molar-refractivity contribution in [3.05, 3.63) is 0 Å². The van der Waals surface area contributed by atoms with Crippen LogP contribution in [0.4, 0.5) is 0 Å². The summed E-state index contributed by atoms with van der Waals surface area (Å²) < 4.78 is 0. The molecule has 5 aliphatic rings. The maximum atomic E-state index is 12.7. The van der Waals surface area contributed by atoms with Gasteiger partial charge in [0.25, 0.3) is 0 Å². The van der Waals surface area contributed by atoms with Crippen LogP contribution >= 0.6 is 0 Å². The molecule has 5 rings (SSSR count). The van der Waals surface area contributed by atoms with Crippen molar-refractivity contribution in [2.45, 2.75) is 57.4 Å². The van der Waals surface area contributed by atoms with Crippen molar-refractivity contribution in [1.82, 2.24) is 10.6 Å². The van der Waals surface area contributed by atoms with Crippen molar-refractivity contribution in [2.24, 2.45) is 23.2 Å². The Morgan fingerprint density at radius 3 is 2.25 bits per heavy atom. The normalized spacial score (nSPS) is 45.5. The Balaban J connectivity index is 1.39. The molecule has 2 N–H and O–H groups in total. The highest BCUT2D eigenvalue weighted by Gasteiger charge is 2.54. The number of amides is 2. The maximum absolute atomic E-state index is 12.7. The molecule has 4 saturated carbocycles. The molecule has 1 unspecified atom stereocenters. The minimum atomic E-state index is -0.0582. The van der Waals surface area contributed by atoms with Gasteiger partial charge < -0.3 is 10.6 Å². The van der Waals surface area contributed by atoms with Crippen molar-refractivity contribution in [2.75, 3.05) is 6.54 Å². The molecule has 0 radical (unpaired) electrons. The number of carbonyl (C=O) groups excluding carboxylic acids is 2. The molecule has 0 aromatic heterocycles. The number of hydrogen-bond acceptors (Lipinski definition) is 2. The predicted molar refractivity (Wildman–Crippen MR) is 74.8 cm³/mol. The summed E-state index contributed by atoms with van der Waals surface area (Å²) in [5.41, 5.74) is -0.0582. The molecule has 4 aliphatic carbocycles. The van der Waals surface area contributed by atoms with Crippen LogP contribution in [0, 0.1) is 23.2 Å². The lowest BCUT2D eigenvalue weighted by atomic mass is 9.49. The first kappa shape index (κ1) is 12.7. The highest BCUT2D eigenvalue weighted by molar-refractivity contribution is 5.83. The van der Waals surface area contributed by atoms with Gasteiger partial charge in [0.2, 0.25) is 11.8 Å². The van der Waals surface area contributed by atoms with Crippen LogP contribution in [0.25, 0.3) is 0 Å². The van der Waals surface area contributed by atoms with Gasteiger partial charge in [-0.1, -0.05) is 0 Å². The van der Waals surface area contributed by atoms with Gasteiger partial charge in [-0.15, -0.1) is 0 Å². The lowest BCUT2D eigenvalue weighted by molar-refractivity contribution is -0.146. The van der Waals surface area contributed by atoms with Gasteiger partial charge in [-0.3, -0.25) is 9.59 Å². The first-order valence-corrected chi connectivity index (χ1v) is 8.21. The van der Waals surface area contributed by atoms with Gasteiger partial charge in [0, 0.05) is 24.4 Å². The van der Waals surface area contributed by atoms with E-state index < -0.39 is 0 Å². The summed E-state index contributed by atoms with van der Waals surface area (Å²) in [6, 6.07) is 0.153. The third kappa shape index (κ3) is 2.04. The zero-order valence-electron chi connectivity index (χ0n) is 12.0. The molecule has 1 atom stereocenters. The van der Waals surface area contributed by atoms with E-state index in [0.717, 1.165) is 43.4 Å². The van der Waals surface area contributed by atoms with E-state index in [-0.39, 0.29) is 23.3 Å². The van der Waals surface area contributed by atoms with Crippen LogP contribution in [0.15, 0.2) is 0 Å². The molecule has 4 nitrogen and oxygen atoms in total. The quantitative estimate of drug-likeness (QED) is 0.822. The Morgan fingerprint density at radius 2 is 1.75 bits per heavy atom. The van der Waals surface area contributed by atoms with E-state index in [0.29, 0.717) is 13.0 Å². The lowest BCUT2D eigenvalue weighted by Gasteiger charge is -2.55. The molecule has 0 spiro atoms. The van der Waals surface area contributed by atoms with Crippen LogP contribution in [-0.2, 0) is 9.59 Å². The summed E-state index contributed by atoms with van der Waals surface area (Å²) in [6.07, 6.45) is 8.91. The monoisotopic (exact) mass is 276 g/mol. The van der Waals surface area contributed by atoms with Gasteiger partial charge in [0.05, 0.1) is 0 Å². The molecule has 110 valence electrons. The predicted octanol–water partition coefficient (Wildman–Crippen LogP) is 1.60. The summed E-state index contributed by atoms with van der Waals surface area (Å²) in [7, 11) is 0. The molecule has 4 bridgehead atoms. The Labute approximate surface area is 120 Å². The molecule has 2 amide bonds. The van der Waals surface area contributed by atoms with E-state index in [4.69, 9.17) is 0 Å². The summed E-state index contributed by atoms with van der Waals surface area (Å²) in [5, 5.41) is 6.08. The number of hydrogen-bond donors (Lipinski definition) is 2. The first-order valence-electron chi connectivity index (χ1n) is 8.21. The van der Waals surface area contributed by atoms with Gasteiger partial charge in [-0.2, -0.15) is 0 Å². The third-order valence-corrected chi connectivity index (χ3v) is 6.11. The smallest absolute Gasteiger partial charge is 0.226 e. The SMILES string of the molecule is O=C1CCC(CNC(=O)C23CC4CC(CC(C4)C2)C3)N1. The molecule has 5 fully saturated rings. The number of rotatable bonds is 3. The van der Waals surface area contributed by atoms with Crippen molar-refractivity contribution in [3.63, 3.8) is 0 Å². The van der Waals surface area contributed by atoms with Crippen molar-refractivity contribution in [3.8, 4) is 0 Å². The zero-order valence-corrected chi connectivity index (χ0v) is 12.0. The van der Waals surface area contributed by atoms with Crippen LogP contribution in [0.3, 0.4) is 0 Å². The summed E-state index contributed by atoms with van der Waals surface area (Å²) in [6.45, 7) is 0.617.